The van der Waals surface area contributed by atoms with Crippen LogP contribution in [0.2, 0.25) is 0 Å². The second-order valence-electron chi connectivity index (χ2n) is 4.52. The van der Waals surface area contributed by atoms with Gasteiger partial charge in [0.25, 0.3) is 0 Å². The second kappa shape index (κ2) is 5.14. The van der Waals surface area contributed by atoms with Gasteiger partial charge in [0, 0.05) is 12.1 Å². The Morgan fingerprint density at radius 1 is 1.05 bits per heavy atom. The fourth-order valence-corrected chi connectivity index (χ4v) is 2.23. The van der Waals surface area contributed by atoms with E-state index in [0.29, 0.717) is 6.61 Å². The van der Waals surface area contributed by atoms with Gasteiger partial charge in [-0.3, -0.25) is 4.99 Å². The van der Waals surface area contributed by atoms with E-state index >= 15 is 0 Å². The lowest BCUT2D eigenvalue weighted by Gasteiger charge is -2.17. The Morgan fingerprint density at radius 2 is 1.84 bits per heavy atom. The smallest absolute Gasteiger partial charge is 0.130 e. The molecule has 1 aliphatic heterocycles. The molecule has 0 amide bonds. The first-order chi connectivity index (χ1) is 9.33. The van der Waals surface area contributed by atoms with Crippen molar-refractivity contribution >= 4 is 5.71 Å². The minimum absolute atomic E-state index is 0.243. The van der Waals surface area contributed by atoms with E-state index in [1.807, 2.05) is 6.07 Å². The van der Waals surface area contributed by atoms with Gasteiger partial charge in [-0.15, -0.1) is 0 Å². The average molecular weight is 253 g/mol. The summed E-state index contributed by atoms with van der Waals surface area (Å²) in [5, 5.41) is 9.22. The summed E-state index contributed by atoms with van der Waals surface area (Å²) in [4.78, 5) is 4.55. The molecule has 0 aliphatic carbocycles. The molecule has 0 bridgehead atoms. The van der Waals surface area contributed by atoms with E-state index in [4.69, 9.17) is 4.74 Å². The molecule has 0 fully saturated rings. The standard InChI is InChI=1S/C16H15NO2/c18-13-5-7-14(8-6-13)19-11-16-15-4-2-1-3-12(15)9-10-17-16/h1-8,18H,9-11H2. The maximum Gasteiger partial charge on any atom is 0.130 e. The minimum Gasteiger partial charge on any atom is -0.508 e. The van der Waals surface area contributed by atoms with Crippen molar-refractivity contribution in [2.75, 3.05) is 13.2 Å². The highest BCUT2D eigenvalue weighted by Gasteiger charge is 2.13. The van der Waals surface area contributed by atoms with Crippen molar-refractivity contribution in [3.05, 3.63) is 59.7 Å². The topological polar surface area (TPSA) is 41.8 Å². The summed E-state index contributed by atoms with van der Waals surface area (Å²) >= 11 is 0. The van der Waals surface area contributed by atoms with Crippen LogP contribution < -0.4 is 4.74 Å². The number of hydrogen-bond acceptors (Lipinski definition) is 3. The Balaban J connectivity index is 1.74. The third-order valence-corrected chi connectivity index (χ3v) is 3.22. The molecule has 1 aliphatic rings. The maximum atomic E-state index is 9.22. The number of phenolic OH excluding ortho intramolecular Hbond substituents is 1. The van der Waals surface area contributed by atoms with Crippen LogP contribution in [0.25, 0.3) is 0 Å². The summed E-state index contributed by atoms with van der Waals surface area (Å²) < 4.78 is 5.72. The SMILES string of the molecule is Oc1ccc(OCC2=NCCc3ccccc32)cc1. The van der Waals surface area contributed by atoms with Crippen molar-refractivity contribution in [1.29, 1.82) is 0 Å². The zero-order valence-electron chi connectivity index (χ0n) is 10.5. The minimum atomic E-state index is 0.243. The number of nitrogens with zero attached hydrogens (tertiary/aromatic N) is 1. The van der Waals surface area contributed by atoms with E-state index in [2.05, 4.69) is 23.2 Å². The molecule has 19 heavy (non-hydrogen) atoms. The lowest BCUT2D eigenvalue weighted by Crippen LogP contribution is -2.19. The number of benzene rings is 2. The number of aromatic hydroxyl groups is 1. The highest BCUT2D eigenvalue weighted by atomic mass is 16.5. The van der Waals surface area contributed by atoms with E-state index < -0.39 is 0 Å². The average Bonchev–Trinajstić information content (AvgIpc) is 2.47. The van der Waals surface area contributed by atoms with E-state index in [1.165, 1.54) is 11.1 Å². The molecular formula is C16H15NO2. The summed E-state index contributed by atoms with van der Waals surface area (Å²) in [6.45, 7) is 1.28. The summed E-state index contributed by atoms with van der Waals surface area (Å²) in [5.74, 6) is 0.983. The first-order valence-corrected chi connectivity index (χ1v) is 6.36. The van der Waals surface area contributed by atoms with Crippen LogP contribution >= 0.6 is 0 Å². The predicted molar refractivity (Wildman–Crippen MR) is 75.2 cm³/mol. The van der Waals surface area contributed by atoms with Gasteiger partial charge in [0.05, 0.1) is 5.71 Å². The van der Waals surface area contributed by atoms with Gasteiger partial charge in [-0.25, -0.2) is 0 Å². The molecule has 0 radical (unpaired) electrons. The van der Waals surface area contributed by atoms with Gasteiger partial charge in [0.1, 0.15) is 18.1 Å². The molecule has 3 nitrogen and oxygen atoms in total. The van der Waals surface area contributed by atoms with Crippen molar-refractivity contribution in [3.63, 3.8) is 0 Å². The van der Waals surface area contributed by atoms with E-state index in [-0.39, 0.29) is 5.75 Å². The Bertz CT molecular complexity index is 602. The summed E-state index contributed by atoms with van der Waals surface area (Å²) in [6.07, 6.45) is 0.999. The van der Waals surface area contributed by atoms with Gasteiger partial charge in [0.2, 0.25) is 0 Å². The number of fused-ring (bicyclic) bond motifs is 1. The molecule has 0 saturated carbocycles. The zero-order chi connectivity index (χ0) is 13.1. The van der Waals surface area contributed by atoms with Gasteiger partial charge >= 0.3 is 0 Å². The lowest BCUT2D eigenvalue weighted by molar-refractivity contribution is 0.375. The summed E-state index contributed by atoms with van der Waals surface area (Å²) in [6, 6.07) is 15.1. The molecule has 2 aromatic rings. The molecule has 96 valence electrons. The predicted octanol–water partition coefficient (Wildman–Crippen LogP) is 2.82. The van der Waals surface area contributed by atoms with Gasteiger partial charge < -0.3 is 9.84 Å². The van der Waals surface area contributed by atoms with Crippen LogP contribution in [0.15, 0.2) is 53.5 Å². The molecule has 1 N–H and O–H groups in total. The Hall–Kier alpha value is -2.29. The molecule has 0 spiro atoms. The van der Waals surface area contributed by atoms with Crippen molar-refractivity contribution in [1.82, 2.24) is 0 Å². The highest BCUT2D eigenvalue weighted by molar-refractivity contribution is 6.03. The first-order valence-electron chi connectivity index (χ1n) is 6.36. The number of aliphatic imine (C=N–C) groups is 1. The normalized spacial score (nSPS) is 13.6. The molecule has 1 heterocycles. The van der Waals surface area contributed by atoms with Crippen molar-refractivity contribution < 1.29 is 9.84 Å². The van der Waals surface area contributed by atoms with E-state index in [0.717, 1.165) is 24.4 Å². The quantitative estimate of drug-likeness (QED) is 0.913. The number of rotatable bonds is 3. The van der Waals surface area contributed by atoms with Gasteiger partial charge in [-0.05, 0) is 36.2 Å². The van der Waals surface area contributed by atoms with Crippen LogP contribution in [-0.4, -0.2) is 24.0 Å². The third-order valence-electron chi connectivity index (χ3n) is 3.22. The van der Waals surface area contributed by atoms with Gasteiger partial charge in [-0.2, -0.15) is 0 Å². The number of ether oxygens (including phenoxy) is 1. The molecular weight excluding hydrogens is 238 g/mol. The molecule has 0 atom stereocenters. The Kier molecular flexibility index (Phi) is 3.19. The van der Waals surface area contributed by atoms with Crippen LogP contribution in [0.4, 0.5) is 0 Å². The molecule has 0 aromatic heterocycles. The molecule has 0 saturated heterocycles. The van der Waals surface area contributed by atoms with Crippen LogP contribution in [0.5, 0.6) is 11.5 Å². The molecule has 2 aromatic carbocycles. The summed E-state index contributed by atoms with van der Waals surface area (Å²) in [7, 11) is 0. The third kappa shape index (κ3) is 2.60. The molecule has 0 unspecified atom stereocenters. The number of hydrogen-bond donors (Lipinski definition) is 1. The first kappa shape index (κ1) is 11.8. The second-order valence-corrected chi connectivity index (χ2v) is 4.52. The van der Waals surface area contributed by atoms with Crippen molar-refractivity contribution in [2.45, 2.75) is 6.42 Å². The lowest BCUT2D eigenvalue weighted by atomic mass is 9.98. The number of phenols is 1. The van der Waals surface area contributed by atoms with E-state index in [1.54, 1.807) is 24.3 Å². The van der Waals surface area contributed by atoms with Crippen LogP contribution in [0.1, 0.15) is 11.1 Å². The summed E-state index contributed by atoms with van der Waals surface area (Å²) in [5.41, 5.74) is 3.52. The van der Waals surface area contributed by atoms with Gasteiger partial charge in [-0.1, -0.05) is 24.3 Å². The van der Waals surface area contributed by atoms with Crippen molar-refractivity contribution in [2.24, 2.45) is 4.99 Å². The fourth-order valence-electron chi connectivity index (χ4n) is 2.23. The fraction of sp³-hybridized carbons (Fsp3) is 0.188. The van der Waals surface area contributed by atoms with Crippen LogP contribution in [-0.2, 0) is 6.42 Å². The van der Waals surface area contributed by atoms with Crippen molar-refractivity contribution in [3.8, 4) is 11.5 Å². The molecule has 3 heteroatoms. The Morgan fingerprint density at radius 3 is 2.68 bits per heavy atom. The largest absolute Gasteiger partial charge is 0.508 e. The highest BCUT2D eigenvalue weighted by Crippen LogP contribution is 2.19. The Labute approximate surface area is 112 Å². The van der Waals surface area contributed by atoms with Crippen LogP contribution in [0, 0.1) is 0 Å². The maximum absolute atomic E-state index is 9.22. The monoisotopic (exact) mass is 253 g/mol. The van der Waals surface area contributed by atoms with Crippen LogP contribution in [0.3, 0.4) is 0 Å². The van der Waals surface area contributed by atoms with E-state index in [9.17, 15) is 5.11 Å². The van der Waals surface area contributed by atoms with Gasteiger partial charge in [0.15, 0.2) is 0 Å². The molecule has 3 rings (SSSR count). The zero-order valence-corrected chi connectivity index (χ0v) is 10.5.